The first-order valence-corrected chi connectivity index (χ1v) is 31.4. The van der Waals surface area contributed by atoms with Crippen LogP contribution in [-0.2, 0) is 18.4 Å². The molecule has 0 heterocycles. The monoisotopic (exact) mass is 1090 g/mol. The Balaban J connectivity index is 4.21. The number of rotatable bonds is 52. The van der Waals surface area contributed by atoms with Gasteiger partial charge in [-0.15, -0.1) is 0 Å². The third kappa shape index (κ3) is 56.6. The molecule has 0 radical (unpaired) electrons. The normalized spacial score (nSPS) is 15.4. The minimum absolute atomic E-state index is 0.00302. The molecule has 77 heavy (non-hydrogen) atoms. The minimum Gasteiger partial charge on any atom is -0.390 e. The maximum Gasteiger partial charge on any atom is 0.472 e. The molecule has 0 saturated heterocycles. The summed E-state index contributed by atoms with van der Waals surface area (Å²) in [6.45, 7) is 4.39. The number of nitrogens with zero attached hydrogens (tertiary/aromatic N) is 1. The molecule has 436 valence electrons. The Morgan fingerprint density at radius 1 is 0.468 bits per heavy atom. The first-order valence-electron chi connectivity index (χ1n) is 29.9. The molecule has 1 amide bonds. The molecule has 0 saturated carbocycles. The summed E-state index contributed by atoms with van der Waals surface area (Å²) in [4.78, 5) is 23.3. The Kier molecular flexibility index (Phi) is 52.6. The maximum atomic E-state index is 13.0. The number of phosphoric ester groups is 1. The fraction of sp³-hybridized carbons (Fsp3) is 0.597. The number of likely N-dealkylation sites (N-methyl/N-ethyl adjacent to an activating group) is 1. The lowest BCUT2D eigenvalue weighted by molar-refractivity contribution is -0.870. The number of nitrogens with one attached hydrogen (secondary N) is 1. The second-order valence-electron chi connectivity index (χ2n) is 20.8. The molecule has 0 fully saturated rings. The van der Waals surface area contributed by atoms with E-state index in [0.29, 0.717) is 30.3 Å². The van der Waals surface area contributed by atoms with E-state index >= 15 is 0 Å². The van der Waals surface area contributed by atoms with Crippen molar-refractivity contribution in [2.45, 2.75) is 218 Å². The van der Waals surface area contributed by atoms with E-state index in [9.17, 15) is 24.5 Å². The first kappa shape index (κ1) is 73.1. The standard InChI is InChI=1S/C67H111N2O7P/c1-6-8-10-12-14-16-18-20-21-22-23-24-25-26-27-28-29-30-31-32-33-34-35-36-37-38-39-40-41-42-43-44-45-46-47-48-50-52-54-56-58-60-66(71)68-64(63-76-77(73,74)75-62-61-69(3,4)5)67(72)65(70)59-57-55-53-51-49-19-17-15-13-11-9-7-2/h8,10,14-17,20-21,23-24,26-27,29-30,32-33,35-36,38-39,41-42,44-45,51,53,64-65,67,70,72H,6-7,9,11-13,18-19,22,25,28,31,34,37,40,43,46-50,52,54-63H2,1-5H3,(H-,68,71,73,74)/p+1/b10-8-,16-14-,17-15+,21-20-,24-23-,27-26-,30-29-,33-32-,36-35-,39-38-,42-41-,45-44-,53-51+. The Bertz CT molecular complexity index is 1830. The molecule has 9 nitrogen and oxygen atoms in total. The third-order valence-electron chi connectivity index (χ3n) is 12.3. The van der Waals surface area contributed by atoms with Crippen molar-refractivity contribution < 1.29 is 38.0 Å². The Morgan fingerprint density at radius 2 is 0.818 bits per heavy atom. The van der Waals surface area contributed by atoms with Crippen molar-refractivity contribution in [3.63, 3.8) is 0 Å². The van der Waals surface area contributed by atoms with Crippen LogP contribution in [0.25, 0.3) is 0 Å². The molecule has 10 heteroatoms. The smallest absolute Gasteiger partial charge is 0.390 e. The van der Waals surface area contributed by atoms with Crippen LogP contribution in [0.4, 0.5) is 0 Å². The summed E-state index contributed by atoms with van der Waals surface area (Å²) in [6.07, 6.45) is 83.5. The number of aliphatic hydroxyl groups is 2. The van der Waals surface area contributed by atoms with Crippen LogP contribution in [0, 0.1) is 0 Å². The van der Waals surface area contributed by atoms with E-state index in [-0.39, 0.29) is 18.9 Å². The van der Waals surface area contributed by atoms with Crippen LogP contribution >= 0.6 is 7.82 Å². The van der Waals surface area contributed by atoms with Gasteiger partial charge in [-0.3, -0.25) is 13.8 Å². The highest BCUT2D eigenvalue weighted by Gasteiger charge is 2.31. The van der Waals surface area contributed by atoms with Crippen molar-refractivity contribution in [2.75, 3.05) is 40.9 Å². The van der Waals surface area contributed by atoms with E-state index in [1.165, 1.54) is 32.1 Å². The largest absolute Gasteiger partial charge is 0.472 e. The summed E-state index contributed by atoms with van der Waals surface area (Å²) < 4.78 is 23.6. The van der Waals surface area contributed by atoms with Gasteiger partial charge in [-0.25, -0.2) is 4.57 Å². The van der Waals surface area contributed by atoms with Gasteiger partial charge in [-0.1, -0.05) is 217 Å². The molecular formula is C67H112N2O7P+. The van der Waals surface area contributed by atoms with Crippen LogP contribution in [0.15, 0.2) is 158 Å². The van der Waals surface area contributed by atoms with Crippen LogP contribution in [-0.4, -0.2) is 84.6 Å². The highest BCUT2D eigenvalue weighted by atomic mass is 31.2. The van der Waals surface area contributed by atoms with Gasteiger partial charge in [-0.2, -0.15) is 0 Å². The highest BCUT2D eigenvalue weighted by molar-refractivity contribution is 7.47. The molecular weight excluding hydrogens is 976 g/mol. The van der Waals surface area contributed by atoms with Crippen molar-refractivity contribution in [1.29, 1.82) is 0 Å². The van der Waals surface area contributed by atoms with Gasteiger partial charge in [0, 0.05) is 6.42 Å². The Labute approximate surface area is 472 Å². The minimum atomic E-state index is -4.45. The van der Waals surface area contributed by atoms with Crippen LogP contribution in [0.2, 0.25) is 0 Å². The molecule has 4 N–H and O–H groups in total. The topological polar surface area (TPSA) is 125 Å². The number of phosphoric acid groups is 1. The van der Waals surface area contributed by atoms with Gasteiger partial charge in [0.05, 0.1) is 39.9 Å². The van der Waals surface area contributed by atoms with E-state index in [0.717, 1.165) is 128 Å². The van der Waals surface area contributed by atoms with Gasteiger partial charge in [0.15, 0.2) is 0 Å². The van der Waals surface area contributed by atoms with Crippen molar-refractivity contribution in [1.82, 2.24) is 5.32 Å². The molecule has 4 unspecified atom stereocenters. The summed E-state index contributed by atoms with van der Waals surface area (Å²) in [5.74, 6) is -0.291. The van der Waals surface area contributed by atoms with E-state index in [4.69, 9.17) is 9.05 Å². The predicted molar refractivity (Wildman–Crippen MR) is 333 cm³/mol. The molecule has 0 aliphatic heterocycles. The number of aliphatic hydroxyl groups excluding tert-OH is 2. The van der Waals surface area contributed by atoms with Crippen molar-refractivity contribution in [2.24, 2.45) is 0 Å². The van der Waals surface area contributed by atoms with Crippen LogP contribution in [0.1, 0.15) is 200 Å². The second kappa shape index (κ2) is 55.4. The number of hydrogen-bond donors (Lipinski definition) is 4. The molecule has 0 aliphatic rings. The number of quaternary nitrogens is 1. The predicted octanol–water partition coefficient (Wildman–Crippen LogP) is 17.6. The molecule has 0 aromatic heterocycles. The number of allylic oxidation sites excluding steroid dienone is 26. The number of amides is 1. The SMILES string of the molecule is CC/C=C\C/C=C\C/C=C\C/C=C\C/C=C\C/C=C\C/C=C\C/C=C\C/C=C\C/C=C\C/C=C\CCCCCCCCCC(=O)NC(COP(=O)(O)OCC[N+](C)(C)C)C(O)C(O)CCC/C=C/CC/C=C/CCCCC. The third-order valence-corrected chi connectivity index (χ3v) is 13.3. The number of unbranched alkanes of at least 4 members (excludes halogenated alkanes) is 12. The molecule has 0 bridgehead atoms. The Morgan fingerprint density at radius 3 is 1.23 bits per heavy atom. The molecule has 4 atom stereocenters. The van der Waals surface area contributed by atoms with Gasteiger partial charge in [0.2, 0.25) is 5.91 Å². The van der Waals surface area contributed by atoms with Gasteiger partial charge >= 0.3 is 7.82 Å². The van der Waals surface area contributed by atoms with E-state index in [1.807, 2.05) is 21.1 Å². The fourth-order valence-corrected chi connectivity index (χ4v) is 8.37. The average Bonchev–Trinajstić information content (AvgIpc) is 3.39. The molecule has 0 spiro atoms. The molecule has 0 aromatic rings. The lowest BCUT2D eigenvalue weighted by Crippen LogP contribution is -2.51. The summed E-state index contributed by atoms with van der Waals surface area (Å²) in [5, 5.41) is 24.7. The summed E-state index contributed by atoms with van der Waals surface area (Å²) >= 11 is 0. The van der Waals surface area contributed by atoms with Gasteiger partial charge < -0.3 is 24.9 Å². The quantitative estimate of drug-likeness (QED) is 0.0207. The lowest BCUT2D eigenvalue weighted by Gasteiger charge is -2.28. The maximum absolute atomic E-state index is 13.0. The zero-order valence-corrected chi connectivity index (χ0v) is 50.1. The second-order valence-corrected chi connectivity index (χ2v) is 22.2. The number of carbonyl (C=O) groups is 1. The first-order chi connectivity index (χ1) is 37.4. The summed E-state index contributed by atoms with van der Waals surface area (Å²) in [5.41, 5.74) is 0. The van der Waals surface area contributed by atoms with E-state index in [1.54, 1.807) is 0 Å². The number of carbonyl (C=O) groups excluding carboxylic acids is 1. The van der Waals surface area contributed by atoms with Crippen molar-refractivity contribution >= 4 is 13.7 Å². The molecule has 0 aliphatic carbocycles. The van der Waals surface area contributed by atoms with E-state index in [2.05, 4.69) is 177 Å². The zero-order chi connectivity index (χ0) is 56.4. The average molecular weight is 1090 g/mol. The summed E-state index contributed by atoms with van der Waals surface area (Å²) in [7, 11) is 1.38. The molecule has 0 rings (SSSR count). The van der Waals surface area contributed by atoms with Crippen LogP contribution in [0.5, 0.6) is 0 Å². The van der Waals surface area contributed by atoms with Crippen LogP contribution < -0.4 is 5.32 Å². The lowest BCUT2D eigenvalue weighted by atomic mass is 10.0. The fourth-order valence-electron chi connectivity index (χ4n) is 7.63. The van der Waals surface area contributed by atoms with Gasteiger partial charge in [-0.05, 0) is 135 Å². The Hall–Kier alpha value is -3.92. The zero-order valence-electron chi connectivity index (χ0n) is 49.2. The van der Waals surface area contributed by atoms with E-state index < -0.39 is 32.7 Å². The number of hydrogen-bond acceptors (Lipinski definition) is 6. The molecule has 0 aromatic carbocycles. The van der Waals surface area contributed by atoms with Crippen molar-refractivity contribution in [3.05, 3.63) is 158 Å². The van der Waals surface area contributed by atoms with Gasteiger partial charge in [0.1, 0.15) is 19.3 Å². The summed E-state index contributed by atoms with van der Waals surface area (Å²) in [6, 6.07) is -1.07. The highest BCUT2D eigenvalue weighted by Crippen LogP contribution is 2.43. The van der Waals surface area contributed by atoms with Gasteiger partial charge in [0.25, 0.3) is 0 Å². The van der Waals surface area contributed by atoms with Crippen LogP contribution in [0.3, 0.4) is 0 Å². The van der Waals surface area contributed by atoms with Crippen molar-refractivity contribution in [3.8, 4) is 0 Å².